The summed E-state index contributed by atoms with van der Waals surface area (Å²) >= 11 is 0. The summed E-state index contributed by atoms with van der Waals surface area (Å²) in [7, 11) is 0. The fraction of sp³-hybridized carbons (Fsp3) is 0.917. The summed E-state index contributed by atoms with van der Waals surface area (Å²) in [6, 6.07) is -0.428. The quantitative estimate of drug-likeness (QED) is 0.689. The number of nitrogens with zero attached hydrogens (tertiary/aromatic N) is 1. The summed E-state index contributed by atoms with van der Waals surface area (Å²) in [6.07, 6.45) is 2.73. The molecule has 0 unspecified atom stereocenters. The van der Waals surface area contributed by atoms with Gasteiger partial charge in [-0.3, -0.25) is 4.79 Å². The van der Waals surface area contributed by atoms with Crippen molar-refractivity contribution >= 4 is 5.91 Å². The van der Waals surface area contributed by atoms with Crippen molar-refractivity contribution < 1.29 is 9.90 Å². The molecule has 96 valence electrons. The van der Waals surface area contributed by atoms with Crippen LogP contribution in [0.2, 0.25) is 0 Å². The first-order valence-corrected chi connectivity index (χ1v) is 6.08. The zero-order chi connectivity index (χ0) is 12.8. The van der Waals surface area contributed by atoms with Crippen molar-refractivity contribution in [2.24, 2.45) is 5.73 Å². The number of unbranched alkanes of at least 4 members (excludes halogenated alkanes) is 1. The van der Waals surface area contributed by atoms with Crippen LogP contribution in [0.15, 0.2) is 0 Å². The number of nitrogens with two attached hydrogens (primary N) is 1. The van der Waals surface area contributed by atoms with E-state index in [-0.39, 0.29) is 5.91 Å². The molecule has 0 aliphatic rings. The third-order valence-corrected chi connectivity index (χ3v) is 2.46. The highest BCUT2D eigenvalue weighted by Crippen LogP contribution is 2.08. The Bertz CT molecular complexity index is 212. The number of rotatable bonds is 7. The number of carbonyl (C=O) groups is 1. The molecule has 0 aliphatic heterocycles. The van der Waals surface area contributed by atoms with Crippen molar-refractivity contribution in [2.45, 2.75) is 58.6 Å². The van der Waals surface area contributed by atoms with Gasteiger partial charge in [-0.25, -0.2) is 0 Å². The summed E-state index contributed by atoms with van der Waals surface area (Å²) in [6.45, 7) is 8.29. The van der Waals surface area contributed by atoms with E-state index in [1.807, 2.05) is 6.92 Å². The summed E-state index contributed by atoms with van der Waals surface area (Å²) in [4.78, 5) is 13.6. The second kappa shape index (κ2) is 6.86. The molecule has 1 atom stereocenters. The third-order valence-electron chi connectivity index (χ3n) is 2.46. The molecule has 0 aliphatic carbocycles. The normalized spacial score (nSPS) is 13.6. The van der Waals surface area contributed by atoms with Crippen LogP contribution < -0.4 is 5.73 Å². The minimum atomic E-state index is -0.865. The van der Waals surface area contributed by atoms with Gasteiger partial charge < -0.3 is 15.7 Å². The average Bonchev–Trinajstić information content (AvgIpc) is 2.20. The van der Waals surface area contributed by atoms with Crippen LogP contribution in [0.5, 0.6) is 0 Å². The van der Waals surface area contributed by atoms with Gasteiger partial charge in [-0.05, 0) is 27.2 Å². The van der Waals surface area contributed by atoms with Crippen molar-refractivity contribution in [2.75, 3.05) is 13.1 Å². The molecule has 0 bridgehead atoms. The van der Waals surface area contributed by atoms with E-state index in [1.165, 1.54) is 0 Å². The Kier molecular flexibility index (Phi) is 6.60. The zero-order valence-corrected chi connectivity index (χ0v) is 11.0. The minimum absolute atomic E-state index is 0.0573. The minimum Gasteiger partial charge on any atom is -0.389 e. The summed E-state index contributed by atoms with van der Waals surface area (Å²) < 4.78 is 0. The first kappa shape index (κ1) is 15.4. The van der Waals surface area contributed by atoms with E-state index in [4.69, 9.17) is 5.73 Å². The van der Waals surface area contributed by atoms with Crippen LogP contribution in [0.1, 0.15) is 47.0 Å². The highest BCUT2D eigenvalue weighted by atomic mass is 16.3. The molecule has 3 N–H and O–H groups in total. The van der Waals surface area contributed by atoms with Crippen LogP contribution in [0.25, 0.3) is 0 Å². The SMILES string of the molecule is CCCC[C@H](N)C(=O)N(CC)CC(C)(C)O. The molecule has 0 saturated carbocycles. The van der Waals surface area contributed by atoms with E-state index in [0.29, 0.717) is 13.1 Å². The molecule has 0 heterocycles. The highest BCUT2D eigenvalue weighted by molar-refractivity contribution is 5.81. The molecule has 0 aromatic carbocycles. The number of hydrogen-bond acceptors (Lipinski definition) is 3. The molecule has 1 amide bonds. The first-order chi connectivity index (χ1) is 7.31. The van der Waals surface area contributed by atoms with Gasteiger partial charge in [0.05, 0.1) is 11.6 Å². The van der Waals surface area contributed by atoms with Crippen molar-refractivity contribution in [3.05, 3.63) is 0 Å². The lowest BCUT2D eigenvalue weighted by Crippen LogP contribution is -2.48. The lowest BCUT2D eigenvalue weighted by atomic mass is 10.1. The summed E-state index contributed by atoms with van der Waals surface area (Å²) in [5, 5.41) is 9.69. The standard InChI is InChI=1S/C12H26N2O2/c1-5-7-8-10(13)11(15)14(6-2)9-12(3,4)16/h10,16H,5-9,13H2,1-4H3/t10-/m0/s1. The number of amides is 1. The third kappa shape index (κ3) is 6.08. The maximum atomic E-state index is 11.9. The Labute approximate surface area is 98.8 Å². The van der Waals surface area contributed by atoms with E-state index in [9.17, 15) is 9.90 Å². The van der Waals surface area contributed by atoms with E-state index in [0.717, 1.165) is 19.3 Å². The predicted octanol–water partition coefficient (Wildman–Crippen LogP) is 1.12. The number of likely N-dealkylation sites (N-methyl/N-ethyl adjacent to an activating group) is 1. The second-order valence-electron chi connectivity index (χ2n) is 4.91. The Balaban J connectivity index is 4.30. The Morgan fingerprint density at radius 1 is 1.44 bits per heavy atom. The van der Waals surface area contributed by atoms with E-state index in [2.05, 4.69) is 6.92 Å². The monoisotopic (exact) mass is 230 g/mol. The van der Waals surface area contributed by atoms with Crippen molar-refractivity contribution in [3.63, 3.8) is 0 Å². The average molecular weight is 230 g/mol. The van der Waals surface area contributed by atoms with Crippen molar-refractivity contribution in [3.8, 4) is 0 Å². The van der Waals surface area contributed by atoms with Gasteiger partial charge in [-0.2, -0.15) is 0 Å². The molecule has 0 rings (SSSR count). The van der Waals surface area contributed by atoms with Crippen LogP contribution in [-0.4, -0.2) is 40.6 Å². The summed E-state index contributed by atoms with van der Waals surface area (Å²) in [5.41, 5.74) is 4.96. The molecule has 4 nitrogen and oxygen atoms in total. The van der Waals surface area contributed by atoms with Gasteiger partial charge in [-0.15, -0.1) is 0 Å². The lowest BCUT2D eigenvalue weighted by Gasteiger charge is -2.30. The molecule has 0 saturated heterocycles. The highest BCUT2D eigenvalue weighted by Gasteiger charge is 2.24. The second-order valence-corrected chi connectivity index (χ2v) is 4.91. The fourth-order valence-corrected chi connectivity index (χ4v) is 1.59. The van der Waals surface area contributed by atoms with Crippen molar-refractivity contribution in [1.29, 1.82) is 0 Å². The maximum absolute atomic E-state index is 11.9. The van der Waals surface area contributed by atoms with Gasteiger partial charge in [0.15, 0.2) is 0 Å². The topological polar surface area (TPSA) is 66.6 Å². The van der Waals surface area contributed by atoms with Crippen molar-refractivity contribution in [1.82, 2.24) is 4.90 Å². The predicted molar refractivity (Wildman–Crippen MR) is 66.1 cm³/mol. The zero-order valence-electron chi connectivity index (χ0n) is 11.0. The molecule has 4 heteroatoms. The van der Waals surface area contributed by atoms with Gasteiger partial charge in [-0.1, -0.05) is 19.8 Å². The molecule has 0 aromatic rings. The molecule has 16 heavy (non-hydrogen) atoms. The van der Waals surface area contributed by atoms with Crippen LogP contribution >= 0.6 is 0 Å². The number of hydrogen-bond donors (Lipinski definition) is 2. The van der Waals surface area contributed by atoms with E-state index >= 15 is 0 Å². The largest absolute Gasteiger partial charge is 0.389 e. The molecule has 0 aromatic heterocycles. The van der Waals surface area contributed by atoms with E-state index in [1.54, 1.807) is 18.7 Å². The van der Waals surface area contributed by atoms with Gasteiger partial charge in [0.25, 0.3) is 0 Å². The molecule has 0 fully saturated rings. The van der Waals surface area contributed by atoms with Crippen LogP contribution in [0.3, 0.4) is 0 Å². The van der Waals surface area contributed by atoms with Crippen LogP contribution in [0.4, 0.5) is 0 Å². The van der Waals surface area contributed by atoms with Crippen LogP contribution in [0, 0.1) is 0 Å². The smallest absolute Gasteiger partial charge is 0.239 e. The van der Waals surface area contributed by atoms with Gasteiger partial charge in [0, 0.05) is 13.1 Å². The summed E-state index contributed by atoms with van der Waals surface area (Å²) in [5.74, 6) is -0.0573. The molecular formula is C12H26N2O2. The maximum Gasteiger partial charge on any atom is 0.239 e. The molecular weight excluding hydrogens is 204 g/mol. The first-order valence-electron chi connectivity index (χ1n) is 6.08. The fourth-order valence-electron chi connectivity index (χ4n) is 1.59. The molecule has 0 spiro atoms. The van der Waals surface area contributed by atoms with Crippen LogP contribution in [-0.2, 0) is 4.79 Å². The lowest BCUT2D eigenvalue weighted by molar-refractivity contribution is -0.135. The number of carbonyl (C=O) groups excluding carboxylic acids is 1. The Hall–Kier alpha value is -0.610. The Morgan fingerprint density at radius 3 is 2.38 bits per heavy atom. The Morgan fingerprint density at radius 2 is 2.00 bits per heavy atom. The van der Waals surface area contributed by atoms with Gasteiger partial charge in [0.1, 0.15) is 0 Å². The van der Waals surface area contributed by atoms with Gasteiger partial charge >= 0.3 is 0 Å². The number of aliphatic hydroxyl groups is 1. The molecule has 0 radical (unpaired) electrons. The van der Waals surface area contributed by atoms with Gasteiger partial charge in [0.2, 0.25) is 5.91 Å². The van der Waals surface area contributed by atoms with E-state index < -0.39 is 11.6 Å².